The smallest absolute Gasteiger partial charge is 0.264 e. The zero-order valence-corrected chi connectivity index (χ0v) is 14.9. The molecule has 0 unspecified atom stereocenters. The molecule has 1 heterocycles. The van der Waals surface area contributed by atoms with E-state index in [4.69, 9.17) is 4.74 Å². The van der Waals surface area contributed by atoms with Gasteiger partial charge in [-0.15, -0.1) is 0 Å². The van der Waals surface area contributed by atoms with Gasteiger partial charge >= 0.3 is 0 Å². The summed E-state index contributed by atoms with van der Waals surface area (Å²) in [6.07, 6.45) is 4.35. The minimum absolute atomic E-state index is 0.118. The third kappa shape index (κ3) is 4.42. The number of ether oxygens (including phenoxy) is 1. The van der Waals surface area contributed by atoms with Crippen LogP contribution in [0.3, 0.4) is 0 Å². The number of piperidine rings is 1. The molecule has 0 spiro atoms. The van der Waals surface area contributed by atoms with Crippen LogP contribution in [-0.4, -0.2) is 31.4 Å². The zero-order valence-electron chi connectivity index (χ0n) is 14.1. The van der Waals surface area contributed by atoms with Crippen molar-refractivity contribution in [3.05, 3.63) is 29.1 Å². The first-order chi connectivity index (χ1) is 11.7. The van der Waals surface area contributed by atoms with Crippen LogP contribution in [0.15, 0.2) is 12.1 Å². The Kier molecular flexibility index (Phi) is 6.00. The summed E-state index contributed by atoms with van der Waals surface area (Å²) in [5.41, 5.74) is 1.10. The number of hydrogen-bond acceptors (Lipinski definition) is 4. The Hall–Kier alpha value is -1.27. The standard InChI is InChI=1S/C18H25FN2O2S/c1-2-24-21-18(22)15-9-14(13-3-4-13)17(10-16(15)19)23-11-12-5-7-20-8-6-12/h9-10,12-13,20H,2-8,11H2,1H3,(H,21,22). The Morgan fingerprint density at radius 2 is 2.08 bits per heavy atom. The molecule has 1 saturated carbocycles. The van der Waals surface area contributed by atoms with Gasteiger partial charge in [0.05, 0.1) is 12.2 Å². The molecule has 24 heavy (non-hydrogen) atoms. The molecule has 1 aliphatic heterocycles. The molecule has 0 bridgehead atoms. The molecule has 1 aromatic carbocycles. The predicted octanol–water partition coefficient (Wildman–Crippen LogP) is 3.48. The molecular formula is C18H25FN2O2S. The van der Waals surface area contributed by atoms with E-state index in [1.807, 2.05) is 6.92 Å². The van der Waals surface area contributed by atoms with E-state index in [2.05, 4.69) is 10.0 Å². The van der Waals surface area contributed by atoms with Gasteiger partial charge < -0.3 is 10.1 Å². The van der Waals surface area contributed by atoms with Crippen LogP contribution in [0, 0.1) is 11.7 Å². The van der Waals surface area contributed by atoms with Crippen molar-refractivity contribution < 1.29 is 13.9 Å². The molecule has 0 radical (unpaired) electrons. The molecule has 2 aliphatic rings. The van der Waals surface area contributed by atoms with Gasteiger partial charge in [0.15, 0.2) is 0 Å². The van der Waals surface area contributed by atoms with Gasteiger partial charge in [-0.05, 0) is 62.2 Å². The van der Waals surface area contributed by atoms with E-state index in [0.717, 1.165) is 50.1 Å². The quantitative estimate of drug-likeness (QED) is 0.738. The summed E-state index contributed by atoms with van der Waals surface area (Å²) in [5, 5.41) is 3.34. The van der Waals surface area contributed by atoms with Crippen LogP contribution < -0.4 is 14.8 Å². The summed E-state index contributed by atoms with van der Waals surface area (Å²) in [6.45, 7) is 4.60. The lowest BCUT2D eigenvalue weighted by atomic mass is 9.99. The molecule has 1 saturated heterocycles. The highest BCUT2D eigenvalue weighted by molar-refractivity contribution is 7.97. The van der Waals surface area contributed by atoms with Gasteiger partial charge in [0, 0.05) is 11.8 Å². The van der Waals surface area contributed by atoms with Crippen molar-refractivity contribution in [3.8, 4) is 5.75 Å². The molecule has 0 aromatic heterocycles. The van der Waals surface area contributed by atoms with E-state index in [-0.39, 0.29) is 11.5 Å². The topological polar surface area (TPSA) is 50.4 Å². The molecule has 6 heteroatoms. The lowest BCUT2D eigenvalue weighted by Gasteiger charge is -2.23. The maximum absolute atomic E-state index is 14.4. The van der Waals surface area contributed by atoms with Gasteiger partial charge in [-0.25, -0.2) is 4.39 Å². The fraction of sp³-hybridized carbons (Fsp3) is 0.611. The number of hydrogen-bond donors (Lipinski definition) is 2. The third-order valence-electron chi connectivity index (χ3n) is 4.60. The normalized spacial score (nSPS) is 18.4. The van der Waals surface area contributed by atoms with Gasteiger partial charge in [0.25, 0.3) is 5.91 Å². The van der Waals surface area contributed by atoms with Crippen molar-refractivity contribution in [3.63, 3.8) is 0 Å². The van der Waals surface area contributed by atoms with Crippen molar-refractivity contribution in [1.82, 2.24) is 10.0 Å². The summed E-state index contributed by atoms with van der Waals surface area (Å²) >= 11 is 1.28. The lowest BCUT2D eigenvalue weighted by Crippen LogP contribution is -2.30. The number of nitrogens with one attached hydrogen (secondary N) is 2. The highest BCUT2D eigenvalue weighted by Gasteiger charge is 2.29. The van der Waals surface area contributed by atoms with Gasteiger partial charge in [-0.2, -0.15) is 0 Å². The monoisotopic (exact) mass is 352 g/mol. The van der Waals surface area contributed by atoms with Crippen molar-refractivity contribution >= 4 is 17.9 Å². The number of halogens is 1. The first-order valence-corrected chi connectivity index (χ1v) is 9.76. The Morgan fingerprint density at radius 3 is 2.75 bits per heavy atom. The molecule has 2 fully saturated rings. The second kappa shape index (κ2) is 8.21. The Bertz CT molecular complexity index is 587. The fourth-order valence-corrected chi connectivity index (χ4v) is 3.42. The fourth-order valence-electron chi connectivity index (χ4n) is 3.03. The summed E-state index contributed by atoms with van der Waals surface area (Å²) in [4.78, 5) is 12.1. The van der Waals surface area contributed by atoms with Gasteiger partial charge in [-0.3, -0.25) is 9.52 Å². The van der Waals surface area contributed by atoms with E-state index in [1.165, 1.54) is 18.0 Å². The minimum atomic E-state index is -0.506. The number of carbonyl (C=O) groups excluding carboxylic acids is 1. The highest BCUT2D eigenvalue weighted by Crippen LogP contribution is 2.45. The molecule has 132 valence electrons. The van der Waals surface area contributed by atoms with Crippen LogP contribution >= 0.6 is 11.9 Å². The van der Waals surface area contributed by atoms with E-state index in [1.54, 1.807) is 6.07 Å². The van der Waals surface area contributed by atoms with Crippen molar-refractivity contribution in [2.45, 2.75) is 38.5 Å². The third-order valence-corrected chi connectivity index (χ3v) is 5.22. The molecule has 0 atom stereocenters. The molecule has 4 nitrogen and oxygen atoms in total. The average molecular weight is 352 g/mol. The summed E-state index contributed by atoms with van der Waals surface area (Å²) in [7, 11) is 0. The number of amides is 1. The van der Waals surface area contributed by atoms with Crippen molar-refractivity contribution in [2.75, 3.05) is 25.4 Å². The SMILES string of the molecule is CCSNC(=O)c1cc(C2CC2)c(OCC2CCNCC2)cc1F. The first kappa shape index (κ1) is 17.5. The van der Waals surface area contributed by atoms with E-state index in [9.17, 15) is 9.18 Å². The Labute approximate surface area is 147 Å². The maximum atomic E-state index is 14.4. The van der Waals surface area contributed by atoms with Crippen LogP contribution in [0.2, 0.25) is 0 Å². The molecule has 1 aliphatic carbocycles. The van der Waals surface area contributed by atoms with Gasteiger partial charge in [0.2, 0.25) is 0 Å². The summed E-state index contributed by atoms with van der Waals surface area (Å²) in [6, 6.07) is 3.09. The number of rotatable bonds is 7. The lowest BCUT2D eigenvalue weighted by molar-refractivity contribution is 0.0980. The van der Waals surface area contributed by atoms with Gasteiger partial charge in [0.1, 0.15) is 11.6 Å². The second-order valence-electron chi connectivity index (χ2n) is 6.51. The maximum Gasteiger partial charge on any atom is 0.264 e. The highest BCUT2D eigenvalue weighted by atomic mass is 32.2. The molecule has 2 N–H and O–H groups in total. The van der Waals surface area contributed by atoms with Crippen LogP contribution in [0.4, 0.5) is 4.39 Å². The first-order valence-electron chi connectivity index (χ1n) is 8.78. The Morgan fingerprint density at radius 1 is 1.33 bits per heavy atom. The molecule has 1 amide bonds. The zero-order chi connectivity index (χ0) is 16.9. The molecule has 3 rings (SSSR count). The predicted molar refractivity (Wildman–Crippen MR) is 95.1 cm³/mol. The average Bonchev–Trinajstić information content (AvgIpc) is 3.43. The summed E-state index contributed by atoms with van der Waals surface area (Å²) in [5.74, 6) is 1.41. The van der Waals surface area contributed by atoms with E-state index < -0.39 is 5.82 Å². The second-order valence-corrected chi connectivity index (χ2v) is 7.58. The number of benzene rings is 1. The van der Waals surface area contributed by atoms with E-state index >= 15 is 0 Å². The van der Waals surface area contributed by atoms with Crippen molar-refractivity contribution in [2.24, 2.45) is 5.92 Å². The van der Waals surface area contributed by atoms with Crippen LogP contribution in [0.5, 0.6) is 5.75 Å². The largest absolute Gasteiger partial charge is 0.493 e. The van der Waals surface area contributed by atoms with E-state index in [0.29, 0.717) is 24.2 Å². The minimum Gasteiger partial charge on any atom is -0.493 e. The van der Waals surface area contributed by atoms with Gasteiger partial charge in [-0.1, -0.05) is 18.9 Å². The van der Waals surface area contributed by atoms with Crippen molar-refractivity contribution in [1.29, 1.82) is 0 Å². The van der Waals surface area contributed by atoms with Crippen LogP contribution in [0.25, 0.3) is 0 Å². The van der Waals surface area contributed by atoms with Crippen LogP contribution in [-0.2, 0) is 0 Å². The summed E-state index contributed by atoms with van der Waals surface area (Å²) < 4.78 is 23.0. The molecule has 1 aromatic rings. The Balaban J connectivity index is 1.73. The molecular weight excluding hydrogens is 327 g/mol. The van der Waals surface area contributed by atoms with Crippen LogP contribution in [0.1, 0.15) is 54.4 Å². The number of carbonyl (C=O) groups is 1.